The van der Waals surface area contributed by atoms with Crippen LogP contribution in [0, 0.1) is 0 Å². The Morgan fingerprint density at radius 3 is 2.27 bits per heavy atom. The number of nitrogens with zero attached hydrogens (tertiary/aromatic N) is 2. The van der Waals surface area contributed by atoms with Crippen LogP contribution in [0.4, 0.5) is 0 Å². The molecule has 0 atom stereocenters. The first-order valence-corrected chi connectivity index (χ1v) is 4.85. The fourth-order valence-electron chi connectivity index (χ4n) is 0.988. The minimum Gasteiger partial charge on any atom is -0.469 e. The Labute approximate surface area is 92.0 Å². The van der Waals surface area contributed by atoms with Gasteiger partial charge in [-0.1, -0.05) is 0 Å². The van der Waals surface area contributed by atoms with Crippen LogP contribution in [0.1, 0.15) is 27.7 Å². The molecular weight excluding hydrogens is 191 g/mol. The Morgan fingerprint density at radius 2 is 1.87 bits per heavy atom. The van der Waals surface area contributed by atoms with Crippen molar-refractivity contribution in [2.24, 2.45) is 7.05 Å². The molecule has 0 saturated carbocycles. The summed E-state index contributed by atoms with van der Waals surface area (Å²) in [6.07, 6.45) is 1.68. The Balaban J connectivity index is 2.85. The maximum Gasteiger partial charge on any atom is 0.283 e. The summed E-state index contributed by atoms with van der Waals surface area (Å²) in [5, 5.41) is 4.03. The SMILES string of the molecule is [B]OC(C)(C)C(C)(C)Oc1ccnn1C. The summed E-state index contributed by atoms with van der Waals surface area (Å²) in [4.78, 5) is 0. The van der Waals surface area contributed by atoms with Crippen LogP contribution in [0.15, 0.2) is 12.3 Å². The third-order valence-electron chi connectivity index (χ3n) is 2.88. The highest BCUT2D eigenvalue weighted by Crippen LogP contribution is 2.29. The van der Waals surface area contributed by atoms with Crippen molar-refractivity contribution in [3.8, 4) is 5.88 Å². The molecule has 5 heteroatoms. The van der Waals surface area contributed by atoms with Crippen LogP contribution in [0.25, 0.3) is 0 Å². The quantitative estimate of drug-likeness (QED) is 0.702. The van der Waals surface area contributed by atoms with E-state index >= 15 is 0 Å². The average Bonchev–Trinajstić information content (AvgIpc) is 2.51. The normalized spacial score (nSPS) is 12.9. The van der Waals surface area contributed by atoms with Gasteiger partial charge in [0.2, 0.25) is 5.88 Å². The highest BCUT2D eigenvalue weighted by atomic mass is 16.5. The van der Waals surface area contributed by atoms with Crippen LogP contribution in [-0.2, 0) is 11.7 Å². The molecule has 1 heterocycles. The van der Waals surface area contributed by atoms with Gasteiger partial charge in [-0.05, 0) is 27.7 Å². The van der Waals surface area contributed by atoms with Gasteiger partial charge in [0.25, 0.3) is 8.05 Å². The lowest BCUT2D eigenvalue weighted by Gasteiger charge is -2.40. The molecule has 0 aliphatic heterocycles. The van der Waals surface area contributed by atoms with E-state index in [1.54, 1.807) is 16.9 Å². The smallest absolute Gasteiger partial charge is 0.283 e. The Kier molecular flexibility index (Phi) is 3.14. The predicted octanol–water partition coefficient (Wildman–Crippen LogP) is 1.46. The van der Waals surface area contributed by atoms with E-state index in [0.29, 0.717) is 5.88 Å². The standard InChI is InChI=1S/C10H17BN2O2/c1-9(2,10(3,4)15-11)14-8-6-7-12-13(8)5/h6-7H,1-5H3. The average molecular weight is 208 g/mol. The van der Waals surface area contributed by atoms with E-state index in [-0.39, 0.29) is 0 Å². The highest BCUT2D eigenvalue weighted by Gasteiger charge is 2.39. The molecule has 15 heavy (non-hydrogen) atoms. The zero-order valence-electron chi connectivity index (χ0n) is 9.94. The summed E-state index contributed by atoms with van der Waals surface area (Å²) >= 11 is 0. The monoisotopic (exact) mass is 208 g/mol. The predicted molar refractivity (Wildman–Crippen MR) is 58.8 cm³/mol. The minimum atomic E-state index is -0.586. The third kappa shape index (κ3) is 2.34. The Morgan fingerprint density at radius 1 is 1.27 bits per heavy atom. The summed E-state index contributed by atoms with van der Waals surface area (Å²) in [5.74, 6) is 0.685. The number of aromatic nitrogens is 2. The lowest BCUT2D eigenvalue weighted by molar-refractivity contribution is -0.0736. The van der Waals surface area contributed by atoms with E-state index in [1.165, 1.54) is 0 Å². The van der Waals surface area contributed by atoms with Gasteiger partial charge in [-0.2, -0.15) is 5.10 Å². The molecule has 2 radical (unpaired) electrons. The van der Waals surface area contributed by atoms with Crippen LogP contribution in [0.5, 0.6) is 5.88 Å². The van der Waals surface area contributed by atoms with Gasteiger partial charge in [-0.25, -0.2) is 4.68 Å². The maximum absolute atomic E-state index is 5.82. The summed E-state index contributed by atoms with van der Waals surface area (Å²) in [6.45, 7) is 7.60. The number of hydrogen-bond donors (Lipinski definition) is 0. The van der Waals surface area contributed by atoms with Gasteiger partial charge >= 0.3 is 0 Å². The Hall–Kier alpha value is -0.965. The van der Waals surface area contributed by atoms with Gasteiger partial charge in [-0.15, -0.1) is 0 Å². The molecule has 1 aromatic heterocycles. The van der Waals surface area contributed by atoms with Gasteiger partial charge in [0, 0.05) is 13.1 Å². The molecule has 0 aliphatic rings. The molecule has 0 unspecified atom stereocenters. The lowest BCUT2D eigenvalue weighted by Crippen LogP contribution is -2.51. The van der Waals surface area contributed by atoms with Crippen molar-refractivity contribution in [2.75, 3.05) is 0 Å². The van der Waals surface area contributed by atoms with Gasteiger partial charge in [0.1, 0.15) is 5.60 Å². The zero-order chi connectivity index (χ0) is 11.7. The van der Waals surface area contributed by atoms with E-state index < -0.39 is 11.2 Å². The second-order valence-corrected chi connectivity index (χ2v) is 4.53. The molecule has 4 nitrogen and oxygen atoms in total. The summed E-state index contributed by atoms with van der Waals surface area (Å²) in [6, 6.07) is 1.80. The van der Waals surface area contributed by atoms with E-state index in [1.807, 2.05) is 34.7 Å². The zero-order valence-corrected chi connectivity index (χ0v) is 9.94. The van der Waals surface area contributed by atoms with Gasteiger partial charge in [0.15, 0.2) is 0 Å². The third-order valence-corrected chi connectivity index (χ3v) is 2.88. The molecule has 1 aromatic rings. The van der Waals surface area contributed by atoms with Gasteiger partial charge in [0.05, 0.1) is 11.8 Å². The Bertz CT molecular complexity index is 334. The van der Waals surface area contributed by atoms with Crippen LogP contribution in [0.3, 0.4) is 0 Å². The number of ether oxygens (including phenoxy) is 1. The van der Waals surface area contributed by atoms with E-state index in [4.69, 9.17) is 17.4 Å². The fraction of sp³-hybridized carbons (Fsp3) is 0.700. The highest BCUT2D eigenvalue weighted by molar-refractivity contribution is 5.98. The maximum atomic E-state index is 5.82. The molecule has 0 aromatic carbocycles. The molecule has 0 saturated heterocycles. The van der Waals surface area contributed by atoms with E-state index in [9.17, 15) is 0 Å². The summed E-state index contributed by atoms with van der Waals surface area (Å²) in [7, 11) is 7.08. The van der Waals surface area contributed by atoms with Gasteiger partial charge < -0.3 is 9.39 Å². The molecule has 0 bridgehead atoms. The molecule has 0 fully saturated rings. The topological polar surface area (TPSA) is 36.3 Å². The molecule has 1 rings (SSSR count). The molecule has 0 N–H and O–H groups in total. The van der Waals surface area contributed by atoms with Crippen LogP contribution >= 0.6 is 0 Å². The summed E-state index contributed by atoms with van der Waals surface area (Å²) in [5.41, 5.74) is -1.13. The largest absolute Gasteiger partial charge is 0.469 e. The van der Waals surface area contributed by atoms with E-state index in [2.05, 4.69) is 5.10 Å². The van der Waals surface area contributed by atoms with Gasteiger partial charge in [-0.3, -0.25) is 0 Å². The lowest BCUT2D eigenvalue weighted by atomic mass is 9.88. The number of rotatable bonds is 4. The van der Waals surface area contributed by atoms with Crippen molar-refractivity contribution >= 4 is 8.05 Å². The molecule has 0 spiro atoms. The first-order valence-electron chi connectivity index (χ1n) is 4.85. The van der Waals surface area contributed by atoms with Crippen LogP contribution < -0.4 is 4.74 Å². The molecular formula is C10H17BN2O2. The molecule has 82 valence electrons. The van der Waals surface area contributed by atoms with Crippen LogP contribution in [0.2, 0.25) is 0 Å². The second-order valence-electron chi connectivity index (χ2n) is 4.53. The minimum absolute atomic E-state index is 0.546. The van der Waals surface area contributed by atoms with Crippen molar-refractivity contribution in [3.63, 3.8) is 0 Å². The van der Waals surface area contributed by atoms with Crippen molar-refractivity contribution in [1.29, 1.82) is 0 Å². The van der Waals surface area contributed by atoms with Crippen LogP contribution in [-0.4, -0.2) is 29.0 Å². The molecule has 0 aliphatic carbocycles. The number of hydrogen-bond acceptors (Lipinski definition) is 3. The van der Waals surface area contributed by atoms with Crippen molar-refractivity contribution in [2.45, 2.75) is 38.9 Å². The second kappa shape index (κ2) is 3.89. The molecule has 0 amide bonds. The fourth-order valence-corrected chi connectivity index (χ4v) is 0.988. The number of aryl methyl sites for hydroxylation is 1. The first-order chi connectivity index (χ1) is 6.80. The van der Waals surface area contributed by atoms with E-state index in [0.717, 1.165) is 0 Å². The van der Waals surface area contributed by atoms with Crippen molar-refractivity contribution in [3.05, 3.63) is 12.3 Å². The summed E-state index contributed by atoms with van der Waals surface area (Å²) < 4.78 is 12.4. The first kappa shape index (κ1) is 12.1. The van der Waals surface area contributed by atoms with Crippen molar-refractivity contribution < 1.29 is 9.39 Å². The van der Waals surface area contributed by atoms with Crippen molar-refractivity contribution in [1.82, 2.24) is 9.78 Å².